The van der Waals surface area contributed by atoms with Gasteiger partial charge in [0.1, 0.15) is 0 Å². The van der Waals surface area contributed by atoms with Crippen molar-refractivity contribution in [1.82, 2.24) is 0 Å². The highest BCUT2D eigenvalue weighted by Gasteiger charge is 2.18. The van der Waals surface area contributed by atoms with Crippen LogP contribution < -0.4 is 5.32 Å². The molecule has 0 fully saturated rings. The molecule has 2 aromatic carbocycles. The highest BCUT2D eigenvalue weighted by Crippen LogP contribution is 2.18. The maximum atomic E-state index is 12.2. The predicted molar refractivity (Wildman–Crippen MR) is 87.4 cm³/mol. The second-order valence-corrected chi connectivity index (χ2v) is 5.25. The standard InChI is InChI=1S/C17H12ClNO5/c18-13-7-2-1-6-12(13)16(22)19-11-5-3-4-10(8-11)14(20)9-15(21)17(23)24/h1-8H,9H2,(H,19,22)(H,23,24). The van der Waals surface area contributed by atoms with Gasteiger partial charge >= 0.3 is 5.97 Å². The maximum Gasteiger partial charge on any atom is 0.372 e. The average Bonchev–Trinajstić information content (AvgIpc) is 2.55. The zero-order valence-corrected chi connectivity index (χ0v) is 13.0. The summed E-state index contributed by atoms with van der Waals surface area (Å²) in [5.41, 5.74) is 0.729. The third-order valence-corrected chi connectivity index (χ3v) is 3.45. The molecule has 0 spiro atoms. The van der Waals surface area contributed by atoms with Crippen LogP contribution >= 0.6 is 11.6 Å². The summed E-state index contributed by atoms with van der Waals surface area (Å²) in [7, 11) is 0. The molecule has 2 N–H and O–H groups in total. The van der Waals surface area contributed by atoms with Crippen LogP contribution in [0.4, 0.5) is 5.69 Å². The normalized spacial score (nSPS) is 10.0. The van der Waals surface area contributed by atoms with Crippen molar-refractivity contribution in [2.75, 3.05) is 5.32 Å². The van der Waals surface area contributed by atoms with Crippen LogP contribution in [0.3, 0.4) is 0 Å². The molecular weight excluding hydrogens is 334 g/mol. The molecule has 0 saturated carbocycles. The van der Waals surface area contributed by atoms with Crippen LogP contribution in [0.1, 0.15) is 27.1 Å². The Labute approximate surface area is 142 Å². The number of aliphatic carboxylic acids is 1. The fourth-order valence-corrected chi connectivity index (χ4v) is 2.16. The molecule has 6 nitrogen and oxygen atoms in total. The summed E-state index contributed by atoms with van der Waals surface area (Å²) in [4.78, 5) is 45.7. The van der Waals surface area contributed by atoms with Crippen LogP contribution in [-0.2, 0) is 9.59 Å². The first-order chi connectivity index (χ1) is 11.4. The Balaban J connectivity index is 2.14. The van der Waals surface area contributed by atoms with E-state index in [-0.39, 0.29) is 16.1 Å². The van der Waals surface area contributed by atoms with Crippen molar-refractivity contribution < 1.29 is 24.3 Å². The molecule has 1 amide bonds. The first-order valence-corrected chi connectivity index (χ1v) is 7.21. The number of benzene rings is 2. The largest absolute Gasteiger partial charge is 0.475 e. The lowest BCUT2D eigenvalue weighted by molar-refractivity contribution is -0.148. The molecule has 2 rings (SSSR count). The predicted octanol–water partition coefficient (Wildman–Crippen LogP) is 2.82. The third-order valence-electron chi connectivity index (χ3n) is 3.12. The van der Waals surface area contributed by atoms with E-state index in [1.807, 2.05) is 0 Å². The Morgan fingerprint density at radius 1 is 1.00 bits per heavy atom. The summed E-state index contributed by atoms with van der Waals surface area (Å²) in [5.74, 6) is -3.94. The summed E-state index contributed by atoms with van der Waals surface area (Å²) < 4.78 is 0. The number of carbonyl (C=O) groups is 4. The molecule has 0 aliphatic rings. The summed E-state index contributed by atoms with van der Waals surface area (Å²) in [6.07, 6.45) is -0.739. The van der Waals surface area contributed by atoms with Crippen LogP contribution in [0.2, 0.25) is 5.02 Å². The first kappa shape index (κ1) is 17.4. The molecular formula is C17H12ClNO5. The second-order valence-electron chi connectivity index (χ2n) is 4.84. The van der Waals surface area contributed by atoms with Gasteiger partial charge in [-0.3, -0.25) is 14.4 Å². The van der Waals surface area contributed by atoms with Crippen LogP contribution in [0, 0.1) is 0 Å². The van der Waals surface area contributed by atoms with Crippen molar-refractivity contribution in [3.05, 3.63) is 64.7 Å². The fraction of sp³-hybridized carbons (Fsp3) is 0.0588. The minimum Gasteiger partial charge on any atom is -0.475 e. The number of carbonyl (C=O) groups excluding carboxylic acids is 3. The molecule has 0 heterocycles. The lowest BCUT2D eigenvalue weighted by Crippen LogP contribution is -2.17. The Hall–Kier alpha value is -2.99. The molecule has 122 valence electrons. The van der Waals surface area contributed by atoms with E-state index in [4.69, 9.17) is 16.7 Å². The number of carboxylic acids is 1. The highest BCUT2D eigenvalue weighted by molar-refractivity contribution is 6.37. The summed E-state index contributed by atoms with van der Waals surface area (Å²) in [6, 6.07) is 12.4. The summed E-state index contributed by atoms with van der Waals surface area (Å²) >= 11 is 5.95. The van der Waals surface area contributed by atoms with Gasteiger partial charge in [0.25, 0.3) is 5.91 Å². The van der Waals surface area contributed by atoms with E-state index in [0.717, 1.165) is 0 Å². The Morgan fingerprint density at radius 3 is 2.38 bits per heavy atom. The highest BCUT2D eigenvalue weighted by atomic mass is 35.5. The van der Waals surface area contributed by atoms with Gasteiger partial charge in [-0.2, -0.15) is 0 Å². The number of Topliss-reactive ketones (excluding diaryl/α,β-unsaturated/α-hetero) is 2. The monoisotopic (exact) mass is 345 g/mol. The third kappa shape index (κ3) is 4.27. The van der Waals surface area contributed by atoms with E-state index < -0.39 is 29.9 Å². The molecule has 0 aromatic heterocycles. The topological polar surface area (TPSA) is 101 Å². The van der Waals surface area contributed by atoms with E-state index in [1.165, 1.54) is 18.2 Å². The van der Waals surface area contributed by atoms with E-state index in [9.17, 15) is 19.2 Å². The van der Waals surface area contributed by atoms with Crippen LogP contribution in [-0.4, -0.2) is 28.5 Å². The van der Waals surface area contributed by atoms with E-state index in [0.29, 0.717) is 5.69 Å². The first-order valence-electron chi connectivity index (χ1n) is 6.83. The number of carboxylic acid groups (broad SMARTS) is 1. The number of ketones is 2. The van der Waals surface area contributed by atoms with Gasteiger partial charge in [-0.1, -0.05) is 35.9 Å². The Kier molecular flexibility index (Phi) is 5.44. The smallest absolute Gasteiger partial charge is 0.372 e. The molecule has 0 aliphatic heterocycles. The Bertz CT molecular complexity index is 831. The molecule has 0 atom stereocenters. The SMILES string of the molecule is O=C(O)C(=O)CC(=O)c1cccc(NC(=O)c2ccccc2Cl)c1. The lowest BCUT2D eigenvalue weighted by Gasteiger charge is -2.08. The Morgan fingerprint density at radius 2 is 1.71 bits per heavy atom. The molecule has 0 saturated heterocycles. The molecule has 24 heavy (non-hydrogen) atoms. The second kappa shape index (κ2) is 7.52. The van der Waals surface area contributed by atoms with Gasteiger partial charge in [0, 0.05) is 11.3 Å². The van der Waals surface area contributed by atoms with Gasteiger partial charge in [0.05, 0.1) is 17.0 Å². The number of rotatable bonds is 6. The summed E-state index contributed by atoms with van der Waals surface area (Å²) in [5, 5.41) is 11.4. The fourth-order valence-electron chi connectivity index (χ4n) is 1.94. The average molecular weight is 346 g/mol. The van der Waals surface area contributed by atoms with Gasteiger partial charge in [0.15, 0.2) is 5.78 Å². The van der Waals surface area contributed by atoms with Crippen LogP contribution in [0.5, 0.6) is 0 Å². The molecule has 0 bridgehead atoms. The van der Waals surface area contributed by atoms with Gasteiger partial charge in [0.2, 0.25) is 5.78 Å². The van der Waals surface area contributed by atoms with Crippen LogP contribution in [0.25, 0.3) is 0 Å². The minimum absolute atomic E-state index is 0.126. The number of anilines is 1. The van der Waals surface area contributed by atoms with Crippen molar-refractivity contribution in [2.45, 2.75) is 6.42 Å². The number of amides is 1. The van der Waals surface area contributed by atoms with Gasteiger partial charge in [-0.25, -0.2) is 4.79 Å². The van der Waals surface area contributed by atoms with E-state index >= 15 is 0 Å². The molecule has 2 aromatic rings. The van der Waals surface area contributed by atoms with Crippen LogP contribution in [0.15, 0.2) is 48.5 Å². The van der Waals surface area contributed by atoms with Crippen molar-refractivity contribution in [3.8, 4) is 0 Å². The van der Waals surface area contributed by atoms with E-state index in [1.54, 1.807) is 30.3 Å². The molecule has 0 radical (unpaired) electrons. The minimum atomic E-state index is -1.66. The number of hydrogen-bond acceptors (Lipinski definition) is 4. The van der Waals surface area contributed by atoms with Gasteiger partial charge in [-0.05, 0) is 24.3 Å². The van der Waals surface area contributed by atoms with E-state index in [2.05, 4.69) is 5.32 Å². The number of halogens is 1. The van der Waals surface area contributed by atoms with Crippen molar-refractivity contribution in [3.63, 3.8) is 0 Å². The zero-order chi connectivity index (χ0) is 17.7. The van der Waals surface area contributed by atoms with Crippen molar-refractivity contribution in [1.29, 1.82) is 0 Å². The summed E-state index contributed by atoms with van der Waals surface area (Å²) in [6.45, 7) is 0. The van der Waals surface area contributed by atoms with Crippen molar-refractivity contribution in [2.24, 2.45) is 0 Å². The quantitative estimate of drug-likeness (QED) is 0.476. The number of nitrogens with one attached hydrogen (secondary N) is 1. The van der Waals surface area contributed by atoms with Crippen molar-refractivity contribution >= 4 is 40.7 Å². The number of hydrogen-bond donors (Lipinski definition) is 2. The zero-order valence-electron chi connectivity index (χ0n) is 12.3. The molecule has 0 unspecified atom stereocenters. The molecule has 7 heteroatoms. The maximum absolute atomic E-state index is 12.2. The van der Waals surface area contributed by atoms with Gasteiger partial charge in [-0.15, -0.1) is 0 Å². The lowest BCUT2D eigenvalue weighted by atomic mass is 10.1. The molecule has 0 aliphatic carbocycles. The van der Waals surface area contributed by atoms with Gasteiger partial charge < -0.3 is 10.4 Å².